The first kappa shape index (κ1) is 12.5. The predicted octanol–water partition coefficient (Wildman–Crippen LogP) is 3.61. The Morgan fingerprint density at radius 2 is 1.94 bits per heavy atom. The summed E-state index contributed by atoms with van der Waals surface area (Å²) in [6.45, 7) is 1.90. The van der Waals surface area contributed by atoms with Crippen molar-refractivity contribution in [3.05, 3.63) is 58.6 Å². The van der Waals surface area contributed by atoms with Gasteiger partial charge in [-0.05, 0) is 36.8 Å². The number of hydrogen-bond donors (Lipinski definition) is 2. The molecule has 4 heteroatoms. The van der Waals surface area contributed by atoms with Crippen molar-refractivity contribution >= 4 is 23.2 Å². The van der Waals surface area contributed by atoms with Gasteiger partial charge in [0, 0.05) is 5.69 Å². The number of carbonyl (C=O) groups is 1. The first-order valence-electron chi connectivity index (χ1n) is 5.43. The van der Waals surface area contributed by atoms with Gasteiger partial charge in [-0.1, -0.05) is 29.8 Å². The Morgan fingerprint density at radius 3 is 2.67 bits per heavy atom. The highest BCUT2D eigenvalue weighted by atomic mass is 35.5. The molecule has 18 heavy (non-hydrogen) atoms. The van der Waals surface area contributed by atoms with Crippen LogP contribution in [0.25, 0.3) is 0 Å². The van der Waals surface area contributed by atoms with Crippen LogP contribution >= 0.6 is 11.6 Å². The second-order valence-corrected chi connectivity index (χ2v) is 4.34. The topological polar surface area (TPSA) is 49.3 Å². The first-order valence-corrected chi connectivity index (χ1v) is 5.81. The minimum atomic E-state index is -0.342. The molecule has 2 N–H and O–H groups in total. The van der Waals surface area contributed by atoms with Crippen molar-refractivity contribution < 1.29 is 9.90 Å². The third-order valence-electron chi connectivity index (χ3n) is 2.59. The third-order valence-corrected chi connectivity index (χ3v) is 2.92. The Kier molecular flexibility index (Phi) is 3.53. The Labute approximate surface area is 110 Å². The van der Waals surface area contributed by atoms with E-state index in [4.69, 9.17) is 11.6 Å². The molecule has 1 amide bonds. The van der Waals surface area contributed by atoms with Crippen LogP contribution in [0.15, 0.2) is 42.5 Å². The summed E-state index contributed by atoms with van der Waals surface area (Å²) in [5.74, 6) is -0.334. The molecule has 0 aliphatic heterocycles. The van der Waals surface area contributed by atoms with Crippen molar-refractivity contribution in [2.45, 2.75) is 6.92 Å². The maximum absolute atomic E-state index is 12.0. The van der Waals surface area contributed by atoms with Gasteiger partial charge in [-0.15, -0.1) is 0 Å². The van der Waals surface area contributed by atoms with Crippen LogP contribution in [0, 0.1) is 6.92 Å². The first-order chi connectivity index (χ1) is 8.58. The molecule has 0 aliphatic rings. The molecule has 0 aromatic heterocycles. The molecule has 2 aromatic rings. The van der Waals surface area contributed by atoms with Gasteiger partial charge in [0.1, 0.15) is 5.75 Å². The van der Waals surface area contributed by atoms with Gasteiger partial charge in [-0.3, -0.25) is 4.79 Å². The van der Waals surface area contributed by atoms with E-state index in [2.05, 4.69) is 5.32 Å². The van der Waals surface area contributed by atoms with Crippen molar-refractivity contribution in [1.82, 2.24) is 0 Å². The molecule has 0 atom stereocenters. The number of para-hydroxylation sites is 1. The number of nitrogens with one attached hydrogen (secondary N) is 1. The van der Waals surface area contributed by atoms with Crippen LogP contribution in [0.1, 0.15) is 15.9 Å². The smallest absolute Gasteiger partial charge is 0.257 e. The van der Waals surface area contributed by atoms with Crippen LogP contribution in [-0.2, 0) is 0 Å². The fourth-order valence-electron chi connectivity index (χ4n) is 1.59. The van der Waals surface area contributed by atoms with E-state index in [0.29, 0.717) is 5.02 Å². The van der Waals surface area contributed by atoms with Gasteiger partial charge in [0.05, 0.1) is 10.6 Å². The normalized spacial score (nSPS) is 10.1. The van der Waals surface area contributed by atoms with Crippen LogP contribution in [-0.4, -0.2) is 11.0 Å². The zero-order chi connectivity index (χ0) is 13.1. The van der Waals surface area contributed by atoms with Crippen LogP contribution in [0.3, 0.4) is 0 Å². The molecule has 0 aliphatic carbocycles. The highest BCUT2D eigenvalue weighted by Crippen LogP contribution is 2.23. The fourth-order valence-corrected chi connectivity index (χ4v) is 1.79. The van der Waals surface area contributed by atoms with Gasteiger partial charge in [0.15, 0.2) is 0 Å². The molecular weight excluding hydrogens is 250 g/mol. The lowest BCUT2D eigenvalue weighted by atomic mass is 10.1. The van der Waals surface area contributed by atoms with Crippen LogP contribution < -0.4 is 5.32 Å². The van der Waals surface area contributed by atoms with Gasteiger partial charge < -0.3 is 10.4 Å². The van der Waals surface area contributed by atoms with Crippen LogP contribution in [0.5, 0.6) is 5.75 Å². The number of carbonyl (C=O) groups excluding carboxylic acids is 1. The van der Waals surface area contributed by atoms with Crippen LogP contribution in [0.2, 0.25) is 5.02 Å². The lowest BCUT2D eigenvalue weighted by Crippen LogP contribution is -2.13. The summed E-state index contributed by atoms with van der Waals surface area (Å²) in [6, 6.07) is 11.7. The number of phenols is 1. The molecule has 3 nitrogen and oxygen atoms in total. The molecule has 0 unspecified atom stereocenters. The van der Waals surface area contributed by atoms with E-state index < -0.39 is 0 Å². The Hall–Kier alpha value is -2.00. The summed E-state index contributed by atoms with van der Waals surface area (Å²) in [7, 11) is 0. The molecule has 0 radical (unpaired) electrons. The molecule has 0 saturated heterocycles. The van der Waals surface area contributed by atoms with E-state index in [1.807, 2.05) is 31.2 Å². The zero-order valence-electron chi connectivity index (χ0n) is 9.77. The van der Waals surface area contributed by atoms with Crippen molar-refractivity contribution in [3.8, 4) is 5.75 Å². The number of aryl methyl sites for hydroxylation is 1. The average molecular weight is 262 g/mol. The van der Waals surface area contributed by atoms with E-state index in [0.717, 1.165) is 11.3 Å². The van der Waals surface area contributed by atoms with Crippen molar-refractivity contribution in [2.75, 3.05) is 5.32 Å². The molecule has 2 rings (SSSR count). The zero-order valence-corrected chi connectivity index (χ0v) is 10.5. The van der Waals surface area contributed by atoms with Crippen molar-refractivity contribution in [2.24, 2.45) is 0 Å². The molecule has 2 aromatic carbocycles. The van der Waals surface area contributed by atoms with Gasteiger partial charge >= 0.3 is 0 Å². The number of hydrogen-bond acceptors (Lipinski definition) is 2. The number of aromatic hydroxyl groups is 1. The summed E-state index contributed by atoms with van der Waals surface area (Å²) in [6.07, 6.45) is 0. The molecule has 0 saturated carbocycles. The Morgan fingerprint density at radius 1 is 1.22 bits per heavy atom. The summed E-state index contributed by atoms with van der Waals surface area (Å²) in [5.41, 5.74) is 1.93. The average Bonchev–Trinajstić information content (AvgIpc) is 2.35. The lowest BCUT2D eigenvalue weighted by molar-refractivity contribution is 0.102. The summed E-state index contributed by atoms with van der Waals surface area (Å²) in [4.78, 5) is 12.0. The maximum Gasteiger partial charge on any atom is 0.257 e. The van der Waals surface area contributed by atoms with Gasteiger partial charge in [0.25, 0.3) is 5.91 Å². The number of amides is 1. The summed E-state index contributed by atoms with van der Waals surface area (Å²) >= 11 is 5.93. The lowest BCUT2D eigenvalue weighted by Gasteiger charge is -2.09. The van der Waals surface area contributed by atoms with E-state index in [1.165, 1.54) is 18.2 Å². The van der Waals surface area contributed by atoms with Crippen LogP contribution in [0.4, 0.5) is 5.69 Å². The second kappa shape index (κ2) is 5.10. The fraction of sp³-hybridized carbons (Fsp3) is 0.0714. The van der Waals surface area contributed by atoms with E-state index >= 15 is 0 Å². The molecule has 0 fully saturated rings. The standard InChI is InChI=1S/C14H12ClNO2/c1-9-4-2-3-5-13(9)16-14(18)11-8-10(17)6-7-12(11)15/h2-8,17H,1H3,(H,16,18). The summed E-state index contributed by atoms with van der Waals surface area (Å²) in [5, 5.41) is 12.4. The number of phenolic OH excluding ortho intramolecular Hbond substituents is 1. The van der Waals surface area contributed by atoms with Gasteiger partial charge in [-0.2, -0.15) is 0 Å². The van der Waals surface area contributed by atoms with Crippen molar-refractivity contribution in [3.63, 3.8) is 0 Å². The minimum Gasteiger partial charge on any atom is -0.508 e. The molecule has 92 valence electrons. The maximum atomic E-state index is 12.0. The highest BCUT2D eigenvalue weighted by molar-refractivity contribution is 6.34. The molecule has 0 bridgehead atoms. The van der Waals surface area contributed by atoms with Gasteiger partial charge in [-0.25, -0.2) is 0 Å². The minimum absolute atomic E-state index is 0.00864. The second-order valence-electron chi connectivity index (χ2n) is 3.93. The predicted molar refractivity (Wildman–Crippen MR) is 72.2 cm³/mol. The van der Waals surface area contributed by atoms with E-state index in [1.54, 1.807) is 0 Å². The van der Waals surface area contributed by atoms with E-state index in [9.17, 15) is 9.90 Å². The summed E-state index contributed by atoms with van der Waals surface area (Å²) < 4.78 is 0. The SMILES string of the molecule is Cc1ccccc1NC(=O)c1cc(O)ccc1Cl. The Bertz CT molecular complexity index is 596. The molecule has 0 spiro atoms. The number of anilines is 1. The largest absolute Gasteiger partial charge is 0.508 e. The molecule has 0 heterocycles. The third kappa shape index (κ3) is 2.63. The Balaban J connectivity index is 2.28. The number of halogens is 1. The van der Waals surface area contributed by atoms with Crippen molar-refractivity contribution in [1.29, 1.82) is 0 Å². The highest BCUT2D eigenvalue weighted by Gasteiger charge is 2.12. The monoisotopic (exact) mass is 261 g/mol. The van der Waals surface area contributed by atoms with Gasteiger partial charge in [0.2, 0.25) is 0 Å². The number of rotatable bonds is 2. The quantitative estimate of drug-likeness (QED) is 0.868. The van der Waals surface area contributed by atoms with E-state index in [-0.39, 0.29) is 17.2 Å². The number of benzene rings is 2. The molecular formula is C14H12ClNO2.